The molecule has 1 unspecified atom stereocenters. The van der Waals surface area contributed by atoms with Gasteiger partial charge in [-0.15, -0.1) is 0 Å². The smallest absolute Gasteiger partial charge is 0.390 e. The van der Waals surface area contributed by atoms with E-state index in [1.807, 2.05) is 0 Å². The van der Waals surface area contributed by atoms with Crippen molar-refractivity contribution in [3.05, 3.63) is 0 Å². The molecule has 1 aliphatic carbocycles. The summed E-state index contributed by atoms with van der Waals surface area (Å²) in [6, 6.07) is 0. The maximum atomic E-state index is 12.4. The fourth-order valence-electron chi connectivity index (χ4n) is 1.87. The third-order valence-electron chi connectivity index (χ3n) is 2.93. The summed E-state index contributed by atoms with van der Waals surface area (Å²) in [5.74, 6) is -4.91. The first-order valence-electron chi connectivity index (χ1n) is 5.44. The van der Waals surface area contributed by atoms with Crippen molar-refractivity contribution in [1.82, 2.24) is 0 Å². The van der Waals surface area contributed by atoms with E-state index in [2.05, 4.69) is 4.74 Å². The van der Waals surface area contributed by atoms with Crippen LogP contribution in [0.2, 0.25) is 0 Å². The zero-order valence-corrected chi connectivity index (χ0v) is 9.14. The molecule has 1 aliphatic rings. The number of hydrogen-bond acceptors (Lipinski definition) is 2. The van der Waals surface area contributed by atoms with Crippen molar-refractivity contribution in [3.63, 3.8) is 0 Å². The number of aliphatic hydroxyl groups is 1. The van der Waals surface area contributed by atoms with Crippen molar-refractivity contribution in [3.8, 4) is 0 Å². The molecular weight excluding hydrogens is 247 g/mol. The van der Waals surface area contributed by atoms with Crippen molar-refractivity contribution in [2.45, 2.75) is 43.9 Å². The van der Waals surface area contributed by atoms with Gasteiger partial charge in [0.25, 0.3) is 0 Å². The number of aliphatic hydroxyl groups excluding tert-OH is 1. The lowest BCUT2D eigenvalue weighted by atomic mass is 10.0. The molecule has 17 heavy (non-hydrogen) atoms. The largest absolute Gasteiger partial charge is 0.455 e. The average molecular weight is 262 g/mol. The fraction of sp³-hybridized carbons (Fsp3) is 1.00. The van der Waals surface area contributed by atoms with Crippen molar-refractivity contribution in [2.75, 3.05) is 13.2 Å². The first-order chi connectivity index (χ1) is 7.74. The molecule has 1 rings (SSSR count). The second kappa shape index (κ2) is 5.48. The van der Waals surface area contributed by atoms with Crippen molar-refractivity contribution >= 4 is 0 Å². The van der Waals surface area contributed by atoms with E-state index in [0.717, 1.165) is 25.7 Å². The van der Waals surface area contributed by atoms with Crippen LogP contribution < -0.4 is 0 Å². The summed E-state index contributed by atoms with van der Waals surface area (Å²) < 4.78 is 64.4. The molecule has 102 valence electrons. The van der Waals surface area contributed by atoms with E-state index in [4.69, 9.17) is 0 Å². The normalized spacial score (nSPS) is 20.8. The van der Waals surface area contributed by atoms with Crippen LogP contribution in [0.3, 0.4) is 0 Å². The zero-order valence-electron chi connectivity index (χ0n) is 9.14. The van der Waals surface area contributed by atoms with Gasteiger partial charge in [0.2, 0.25) is 0 Å². The highest BCUT2D eigenvalue weighted by Gasteiger charge is 2.57. The molecule has 0 heterocycles. The molecule has 1 atom stereocenters. The van der Waals surface area contributed by atoms with E-state index in [9.17, 15) is 27.1 Å². The Labute approximate surface area is 95.8 Å². The SMILES string of the molecule is OC(COCC(F)(F)C(F)(F)F)C1CCCC1. The second-order valence-corrected chi connectivity index (χ2v) is 4.33. The quantitative estimate of drug-likeness (QED) is 0.772. The average Bonchev–Trinajstić information content (AvgIpc) is 2.67. The third kappa shape index (κ3) is 4.06. The van der Waals surface area contributed by atoms with Gasteiger partial charge in [-0.1, -0.05) is 12.8 Å². The van der Waals surface area contributed by atoms with E-state index in [0.29, 0.717) is 0 Å². The predicted octanol–water partition coefficient (Wildman–Crippen LogP) is 2.75. The molecule has 0 aliphatic heterocycles. The van der Waals surface area contributed by atoms with Gasteiger partial charge in [-0.05, 0) is 18.8 Å². The van der Waals surface area contributed by atoms with Gasteiger partial charge in [-0.25, -0.2) is 0 Å². The Kier molecular flexibility index (Phi) is 4.71. The van der Waals surface area contributed by atoms with E-state index in [1.165, 1.54) is 0 Å². The van der Waals surface area contributed by atoms with Gasteiger partial charge in [0.1, 0.15) is 6.61 Å². The van der Waals surface area contributed by atoms with Crippen LogP contribution in [0.1, 0.15) is 25.7 Å². The first kappa shape index (κ1) is 14.6. The molecule has 0 aromatic rings. The molecule has 1 saturated carbocycles. The molecule has 0 aromatic carbocycles. The molecule has 0 amide bonds. The molecule has 2 nitrogen and oxygen atoms in total. The third-order valence-corrected chi connectivity index (χ3v) is 2.93. The van der Waals surface area contributed by atoms with Crippen molar-refractivity contribution in [1.29, 1.82) is 0 Å². The monoisotopic (exact) mass is 262 g/mol. The van der Waals surface area contributed by atoms with Gasteiger partial charge in [-0.2, -0.15) is 22.0 Å². The molecule has 0 radical (unpaired) electrons. The summed E-state index contributed by atoms with van der Waals surface area (Å²) in [7, 11) is 0. The molecule has 0 saturated heterocycles. The van der Waals surface area contributed by atoms with E-state index in [1.54, 1.807) is 0 Å². The lowest BCUT2D eigenvalue weighted by Gasteiger charge is -2.22. The Hall–Kier alpha value is -0.430. The Balaban J connectivity index is 2.27. The summed E-state index contributed by atoms with van der Waals surface area (Å²) >= 11 is 0. The van der Waals surface area contributed by atoms with Crippen LogP contribution in [0.25, 0.3) is 0 Å². The van der Waals surface area contributed by atoms with Gasteiger partial charge < -0.3 is 9.84 Å². The Morgan fingerprint density at radius 2 is 1.65 bits per heavy atom. The number of hydrogen-bond donors (Lipinski definition) is 1. The number of ether oxygens (including phenoxy) is 1. The number of rotatable bonds is 5. The van der Waals surface area contributed by atoms with Crippen LogP contribution in [-0.4, -0.2) is 36.5 Å². The summed E-state index contributed by atoms with van der Waals surface area (Å²) in [4.78, 5) is 0. The molecule has 0 bridgehead atoms. The molecule has 0 aromatic heterocycles. The van der Waals surface area contributed by atoms with E-state index >= 15 is 0 Å². The topological polar surface area (TPSA) is 29.5 Å². The van der Waals surface area contributed by atoms with Gasteiger partial charge in [0.05, 0.1) is 12.7 Å². The van der Waals surface area contributed by atoms with Crippen molar-refractivity contribution in [2.24, 2.45) is 5.92 Å². The van der Waals surface area contributed by atoms with Gasteiger partial charge in [0, 0.05) is 0 Å². The minimum Gasteiger partial charge on any atom is -0.390 e. The van der Waals surface area contributed by atoms with Gasteiger partial charge in [0.15, 0.2) is 0 Å². The second-order valence-electron chi connectivity index (χ2n) is 4.33. The van der Waals surface area contributed by atoms with Crippen LogP contribution in [0.5, 0.6) is 0 Å². The van der Waals surface area contributed by atoms with Crippen LogP contribution in [-0.2, 0) is 4.74 Å². The van der Waals surface area contributed by atoms with Crippen LogP contribution in [0.4, 0.5) is 22.0 Å². The lowest BCUT2D eigenvalue weighted by Crippen LogP contribution is -2.41. The molecule has 1 N–H and O–H groups in total. The maximum absolute atomic E-state index is 12.4. The highest BCUT2D eigenvalue weighted by atomic mass is 19.4. The predicted molar refractivity (Wildman–Crippen MR) is 49.8 cm³/mol. The first-order valence-corrected chi connectivity index (χ1v) is 5.44. The number of halogens is 5. The zero-order chi connectivity index (χ0) is 13.1. The van der Waals surface area contributed by atoms with Gasteiger partial charge >= 0.3 is 12.1 Å². The Morgan fingerprint density at radius 1 is 1.12 bits per heavy atom. The van der Waals surface area contributed by atoms with Crippen LogP contribution >= 0.6 is 0 Å². The molecular formula is C10H15F5O2. The van der Waals surface area contributed by atoms with Crippen LogP contribution in [0, 0.1) is 5.92 Å². The molecule has 0 spiro atoms. The summed E-state index contributed by atoms with van der Waals surface area (Å²) in [6.07, 6.45) is -3.14. The van der Waals surface area contributed by atoms with E-state index in [-0.39, 0.29) is 5.92 Å². The lowest BCUT2D eigenvalue weighted by molar-refractivity contribution is -0.298. The standard InChI is InChI=1S/C10H15F5O2/c11-9(12,10(13,14)15)6-17-5-8(16)7-3-1-2-4-7/h7-8,16H,1-6H2. The summed E-state index contributed by atoms with van der Waals surface area (Å²) in [6.45, 7) is -2.21. The maximum Gasteiger partial charge on any atom is 0.455 e. The van der Waals surface area contributed by atoms with E-state index < -0.39 is 31.4 Å². The van der Waals surface area contributed by atoms with Crippen molar-refractivity contribution < 1.29 is 31.8 Å². The Morgan fingerprint density at radius 3 is 2.12 bits per heavy atom. The minimum absolute atomic E-state index is 0.0468. The molecule has 1 fully saturated rings. The van der Waals surface area contributed by atoms with Crippen LogP contribution in [0.15, 0.2) is 0 Å². The Bertz CT molecular complexity index is 235. The number of alkyl halides is 5. The highest BCUT2D eigenvalue weighted by Crippen LogP contribution is 2.35. The summed E-state index contributed by atoms with van der Waals surface area (Å²) in [5.41, 5.74) is 0. The highest BCUT2D eigenvalue weighted by molar-refractivity contribution is 4.77. The summed E-state index contributed by atoms with van der Waals surface area (Å²) in [5, 5.41) is 9.50. The fourth-order valence-corrected chi connectivity index (χ4v) is 1.87. The molecule has 7 heteroatoms. The van der Waals surface area contributed by atoms with Gasteiger partial charge in [-0.3, -0.25) is 0 Å². The minimum atomic E-state index is -5.61.